The van der Waals surface area contributed by atoms with Gasteiger partial charge in [0, 0.05) is 29.7 Å². The molecule has 0 bridgehead atoms. The van der Waals surface area contributed by atoms with Crippen molar-refractivity contribution in [3.8, 4) is 0 Å². The third-order valence-corrected chi connectivity index (χ3v) is 5.74. The molecule has 1 N–H and O–H groups in total. The topological polar surface area (TPSA) is 42.0 Å². The molecule has 4 rings (SSSR count). The fourth-order valence-corrected chi connectivity index (χ4v) is 3.83. The summed E-state index contributed by atoms with van der Waals surface area (Å²) in [5.41, 5.74) is 5.41. The summed E-state index contributed by atoms with van der Waals surface area (Å²) >= 11 is 0. The van der Waals surface area contributed by atoms with Crippen LogP contribution in [-0.2, 0) is 0 Å². The maximum absolute atomic E-state index is 13.6. The van der Waals surface area contributed by atoms with E-state index in [0.717, 1.165) is 29.7 Å². The maximum Gasteiger partial charge on any atom is 0.172 e. The Hall–Kier alpha value is -2.94. The summed E-state index contributed by atoms with van der Waals surface area (Å²) in [6, 6.07) is 20.1. The largest absolute Gasteiger partial charge is 0.381 e. The van der Waals surface area contributed by atoms with Crippen molar-refractivity contribution in [2.75, 3.05) is 5.32 Å². The van der Waals surface area contributed by atoms with Gasteiger partial charge in [0.1, 0.15) is 0 Å². The molecule has 0 amide bonds. The van der Waals surface area contributed by atoms with Crippen LogP contribution in [-0.4, -0.2) is 16.8 Å². The van der Waals surface area contributed by atoms with E-state index in [1.807, 2.05) is 42.5 Å². The minimum absolute atomic E-state index is 0.0669. The summed E-state index contributed by atoms with van der Waals surface area (Å²) in [7, 11) is 0. The van der Waals surface area contributed by atoms with Crippen LogP contribution in [0.2, 0.25) is 0 Å². The first-order valence-electron chi connectivity index (χ1n) is 9.96. The molecule has 1 saturated carbocycles. The lowest BCUT2D eigenvalue weighted by molar-refractivity contribution is 0.0946. The highest BCUT2D eigenvalue weighted by atomic mass is 16.1. The van der Waals surface area contributed by atoms with E-state index in [1.165, 1.54) is 11.1 Å². The number of aryl methyl sites for hydroxylation is 2. The van der Waals surface area contributed by atoms with Crippen LogP contribution >= 0.6 is 0 Å². The molecule has 2 aromatic carbocycles. The van der Waals surface area contributed by atoms with Crippen molar-refractivity contribution < 1.29 is 4.79 Å². The Morgan fingerprint density at radius 2 is 1.68 bits per heavy atom. The molecule has 1 aliphatic rings. The summed E-state index contributed by atoms with van der Waals surface area (Å²) in [5.74, 6) is 0.437. The molecule has 1 aliphatic carbocycles. The van der Waals surface area contributed by atoms with Crippen molar-refractivity contribution in [3.05, 3.63) is 95.3 Å². The molecule has 2 unspecified atom stereocenters. The van der Waals surface area contributed by atoms with Crippen molar-refractivity contribution in [2.24, 2.45) is 5.92 Å². The third kappa shape index (κ3) is 3.99. The zero-order chi connectivity index (χ0) is 19.5. The molecular weight excluding hydrogens is 344 g/mol. The predicted molar refractivity (Wildman–Crippen MR) is 114 cm³/mol. The first-order chi connectivity index (χ1) is 13.6. The Morgan fingerprint density at radius 1 is 0.964 bits per heavy atom. The van der Waals surface area contributed by atoms with Crippen LogP contribution in [0, 0.1) is 19.8 Å². The summed E-state index contributed by atoms with van der Waals surface area (Å²) in [5, 5.41) is 3.72. The fourth-order valence-electron chi connectivity index (χ4n) is 3.83. The zero-order valence-electron chi connectivity index (χ0n) is 16.4. The number of ketones is 1. The lowest BCUT2D eigenvalue weighted by Crippen LogP contribution is -2.35. The second-order valence-corrected chi connectivity index (χ2v) is 7.80. The molecule has 0 saturated heterocycles. The molecule has 0 aliphatic heterocycles. The van der Waals surface area contributed by atoms with Gasteiger partial charge in [0.05, 0.1) is 5.92 Å². The van der Waals surface area contributed by atoms with Gasteiger partial charge in [-0.25, -0.2) is 0 Å². The van der Waals surface area contributed by atoms with Crippen molar-refractivity contribution in [2.45, 2.75) is 38.6 Å². The van der Waals surface area contributed by atoms with Gasteiger partial charge < -0.3 is 5.32 Å². The number of hydrogen-bond donors (Lipinski definition) is 1. The Morgan fingerprint density at radius 3 is 2.32 bits per heavy atom. The monoisotopic (exact) mass is 370 g/mol. The number of benzene rings is 2. The van der Waals surface area contributed by atoms with E-state index in [2.05, 4.69) is 42.3 Å². The molecule has 0 radical (unpaired) electrons. The van der Waals surface area contributed by atoms with Gasteiger partial charge in [-0.3, -0.25) is 9.78 Å². The fraction of sp³-hybridized carbons (Fsp3) is 0.280. The van der Waals surface area contributed by atoms with Crippen LogP contribution in [0.3, 0.4) is 0 Å². The Balaban J connectivity index is 1.72. The van der Waals surface area contributed by atoms with E-state index in [0.29, 0.717) is 5.92 Å². The van der Waals surface area contributed by atoms with E-state index in [4.69, 9.17) is 0 Å². The second-order valence-electron chi connectivity index (χ2n) is 7.80. The summed E-state index contributed by atoms with van der Waals surface area (Å²) in [4.78, 5) is 17.7. The number of pyridine rings is 1. The maximum atomic E-state index is 13.6. The number of carbonyl (C=O) groups is 1. The van der Waals surface area contributed by atoms with Gasteiger partial charge >= 0.3 is 0 Å². The highest BCUT2D eigenvalue weighted by Gasteiger charge is 2.41. The summed E-state index contributed by atoms with van der Waals surface area (Å²) in [6.07, 6.45) is 5.87. The lowest BCUT2D eigenvalue weighted by Gasteiger charge is -2.29. The van der Waals surface area contributed by atoms with Gasteiger partial charge in [0.25, 0.3) is 0 Å². The smallest absolute Gasteiger partial charge is 0.172 e. The first-order valence-corrected chi connectivity index (χ1v) is 9.96. The molecule has 3 nitrogen and oxygen atoms in total. The molecule has 3 heteroatoms. The average Bonchev–Trinajstić information content (AvgIpc) is 3.57. The molecular formula is C25H26N2O. The average molecular weight is 370 g/mol. The lowest BCUT2D eigenvalue weighted by atomic mass is 9.82. The van der Waals surface area contributed by atoms with Crippen LogP contribution in [0.1, 0.15) is 45.8 Å². The highest BCUT2D eigenvalue weighted by Crippen LogP contribution is 2.42. The number of anilines is 1. The molecule has 3 aromatic rings. The van der Waals surface area contributed by atoms with E-state index < -0.39 is 0 Å². The molecule has 142 valence electrons. The number of rotatable bonds is 7. The van der Waals surface area contributed by atoms with Crippen molar-refractivity contribution in [1.82, 2.24) is 4.98 Å². The van der Waals surface area contributed by atoms with E-state index in [1.54, 1.807) is 12.4 Å². The number of nitrogens with zero attached hydrogens (tertiary/aromatic N) is 1. The molecule has 1 heterocycles. The first kappa shape index (κ1) is 18.4. The second kappa shape index (κ2) is 7.97. The van der Waals surface area contributed by atoms with Gasteiger partial charge in [-0.1, -0.05) is 36.4 Å². The zero-order valence-corrected chi connectivity index (χ0v) is 16.4. The van der Waals surface area contributed by atoms with E-state index in [9.17, 15) is 4.79 Å². The predicted octanol–water partition coefficient (Wildman–Crippen LogP) is 5.56. The van der Waals surface area contributed by atoms with E-state index in [-0.39, 0.29) is 17.7 Å². The Kier molecular flexibility index (Phi) is 5.25. The standard InChI is InChI=1S/C25H26N2O/c1-17-8-11-22(16-18(17)2)27-24(20-9-10-20)23(19-12-14-26-15-13-19)25(28)21-6-4-3-5-7-21/h3-8,11-16,20,23-24,27H,9-10H2,1-2H3. The number of hydrogen-bond acceptors (Lipinski definition) is 3. The molecule has 1 aromatic heterocycles. The molecule has 0 spiro atoms. The van der Waals surface area contributed by atoms with Crippen LogP contribution in [0.5, 0.6) is 0 Å². The van der Waals surface area contributed by atoms with Crippen molar-refractivity contribution >= 4 is 11.5 Å². The van der Waals surface area contributed by atoms with Crippen LogP contribution < -0.4 is 5.32 Å². The van der Waals surface area contributed by atoms with Gasteiger partial charge in [0.2, 0.25) is 0 Å². The Labute approximate surface area is 166 Å². The van der Waals surface area contributed by atoms with Gasteiger partial charge in [-0.15, -0.1) is 0 Å². The minimum atomic E-state index is -0.237. The number of carbonyl (C=O) groups excluding carboxylic acids is 1. The van der Waals surface area contributed by atoms with E-state index >= 15 is 0 Å². The van der Waals surface area contributed by atoms with Gasteiger partial charge in [-0.05, 0) is 73.6 Å². The van der Waals surface area contributed by atoms with Crippen molar-refractivity contribution in [1.29, 1.82) is 0 Å². The normalized spacial score (nSPS) is 15.6. The number of Topliss-reactive ketones (excluding diaryl/α,β-unsaturated/α-hetero) is 1. The minimum Gasteiger partial charge on any atom is -0.381 e. The van der Waals surface area contributed by atoms with Crippen LogP contribution in [0.25, 0.3) is 0 Å². The summed E-state index contributed by atoms with van der Waals surface area (Å²) in [6.45, 7) is 4.25. The number of nitrogens with one attached hydrogen (secondary N) is 1. The highest BCUT2D eigenvalue weighted by molar-refractivity contribution is 6.01. The third-order valence-electron chi connectivity index (χ3n) is 5.74. The van der Waals surface area contributed by atoms with Gasteiger partial charge in [-0.2, -0.15) is 0 Å². The quantitative estimate of drug-likeness (QED) is 0.554. The molecule has 1 fully saturated rings. The summed E-state index contributed by atoms with van der Waals surface area (Å²) < 4.78 is 0. The SMILES string of the molecule is Cc1ccc(NC(C2CC2)C(C(=O)c2ccccc2)c2ccncc2)cc1C. The van der Waals surface area contributed by atoms with Crippen LogP contribution in [0.15, 0.2) is 73.1 Å². The van der Waals surface area contributed by atoms with Gasteiger partial charge in [0.15, 0.2) is 5.78 Å². The van der Waals surface area contributed by atoms with Crippen LogP contribution in [0.4, 0.5) is 5.69 Å². The molecule has 2 atom stereocenters. The number of aromatic nitrogens is 1. The van der Waals surface area contributed by atoms with Crippen molar-refractivity contribution in [3.63, 3.8) is 0 Å². The Bertz CT molecular complexity index is 949. The molecule has 28 heavy (non-hydrogen) atoms.